The molecule has 0 aromatic heterocycles. The van der Waals surface area contributed by atoms with Crippen molar-refractivity contribution < 1.29 is 9.13 Å². The van der Waals surface area contributed by atoms with Crippen molar-refractivity contribution in [3.63, 3.8) is 0 Å². The molecule has 1 nitrogen and oxygen atoms in total. The Morgan fingerprint density at radius 1 is 1.33 bits per heavy atom. The Morgan fingerprint density at radius 2 is 2.00 bits per heavy atom. The Labute approximate surface area is 95.2 Å². The average Bonchev–Trinajstić information content (AvgIpc) is 2.15. The number of hydrogen-bond acceptors (Lipinski definition) is 1. The second-order valence-electron chi connectivity index (χ2n) is 4.43. The molecular formula is C12H16ClFO. The van der Waals surface area contributed by atoms with Crippen molar-refractivity contribution in [2.75, 3.05) is 13.3 Å². The predicted molar refractivity (Wildman–Crippen MR) is 61.6 cm³/mol. The van der Waals surface area contributed by atoms with E-state index >= 15 is 0 Å². The van der Waals surface area contributed by atoms with Gasteiger partial charge in [-0.3, -0.25) is 0 Å². The number of hydrogen-bond donors (Lipinski definition) is 0. The molecule has 84 valence electrons. The van der Waals surface area contributed by atoms with E-state index in [1.165, 1.54) is 0 Å². The van der Waals surface area contributed by atoms with E-state index in [0.29, 0.717) is 10.8 Å². The van der Waals surface area contributed by atoms with Gasteiger partial charge < -0.3 is 4.74 Å². The van der Waals surface area contributed by atoms with Gasteiger partial charge in [-0.05, 0) is 23.1 Å². The van der Waals surface area contributed by atoms with E-state index in [4.69, 9.17) is 16.3 Å². The maximum absolute atomic E-state index is 12.0. The minimum atomic E-state index is -0.504. The van der Waals surface area contributed by atoms with Crippen LogP contribution in [0.15, 0.2) is 18.2 Å². The number of halogens is 2. The van der Waals surface area contributed by atoms with Crippen LogP contribution < -0.4 is 4.74 Å². The van der Waals surface area contributed by atoms with Gasteiger partial charge in [-0.15, -0.1) is 0 Å². The second kappa shape index (κ2) is 4.84. The van der Waals surface area contributed by atoms with E-state index in [9.17, 15) is 4.39 Å². The van der Waals surface area contributed by atoms with Gasteiger partial charge in [0.15, 0.2) is 0 Å². The van der Waals surface area contributed by atoms with Crippen LogP contribution in [0.4, 0.5) is 4.39 Å². The molecule has 0 fully saturated rings. The van der Waals surface area contributed by atoms with Gasteiger partial charge in [0, 0.05) is 0 Å². The lowest BCUT2D eigenvalue weighted by atomic mass is 9.87. The smallest absolute Gasteiger partial charge is 0.138 e. The first-order valence-corrected chi connectivity index (χ1v) is 5.32. The van der Waals surface area contributed by atoms with Crippen LogP contribution in [-0.4, -0.2) is 13.3 Å². The van der Waals surface area contributed by atoms with Gasteiger partial charge in [0.05, 0.1) is 5.02 Å². The zero-order valence-electron chi connectivity index (χ0n) is 9.31. The highest BCUT2D eigenvalue weighted by molar-refractivity contribution is 6.32. The fourth-order valence-electron chi connectivity index (χ4n) is 1.23. The molecule has 0 aliphatic heterocycles. The van der Waals surface area contributed by atoms with Crippen LogP contribution in [0, 0.1) is 0 Å². The van der Waals surface area contributed by atoms with E-state index in [2.05, 4.69) is 20.8 Å². The van der Waals surface area contributed by atoms with Gasteiger partial charge in [0.25, 0.3) is 0 Å². The van der Waals surface area contributed by atoms with E-state index in [-0.39, 0.29) is 12.0 Å². The minimum absolute atomic E-state index is 0.0401. The molecule has 0 atom stereocenters. The van der Waals surface area contributed by atoms with Crippen LogP contribution in [0.3, 0.4) is 0 Å². The second-order valence-corrected chi connectivity index (χ2v) is 4.84. The SMILES string of the molecule is CC(C)(C)c1ccc(Cl)c(OCCF)c1. The summed E-state index contributed by atoms with van der Waals surface area (Å²) in [5.41, 5.74) is 1.17. The Bertz CT molecular complexity index is 331. The van der Waals surface area contributed by atoms with Crippen LogP contribution in [0.1, 0.15) is 26.3 Å². The molecule has 0 aliphatic rings. The molecule has 0 unspecified atom stereocenters. The highest BCUT2D eigenvalue weighted by Gasteiger charge is 2.15. The molecule has 3 heteroatoms. The standard InChI is InChI=1S/C12H16ClFO/c1-12(2,3)9-4-5-10(13)11(8-9)15-7-6-14/h4-5,8H,6-7H2,1-3H3. The van der Waals surface area contributed by atoms with Gasteiger partial charge in [-0.1, -0.05) is 38.4 Å². The largest absolute Gasteiger partial charge is 0.489 e. The predicted octanol–water partition coefficient (Wildman–Crippen LogP) is 3.99. The molecule has 0 amide bonds. The van der Waals surface area contributed by atoms with Gasteiger partial charge in [0.1, 0.15) is 19.0 Å². The zero-order chi connectivity index (χ0) is 11.5. The van der Waals surface area contributed by atoms with Crippen molar-refractivity contribution >= 4 is 11.6 Å². The summed E-state index contributed by atoms with van der Waals surface area (Å²) < 4.78 is 17.2. The third kappa shape index (κ3) is 3.38. The van der Waals surface area contributed by atoms with Gasteiger partial charge in [-0.2, -0.15) is 0 Å². The normalized spacial score (nSPS) is 11.5. The zero-order valence-corrected chi connectivity index (χ0v) is 10.1. The molecule has 0 aliphatic carbocycles. The first-order valence-electron chi connectivity index (χ1n) is 4.94. The van der Waals surface area contributed by atoms with Crippen molar-refractivity contribution in [3.8, 4) is 5.75 Å². The van der Waals surface area contributed by atoms with Gasteiger partial charge in [0.2, 0.25) is 0 Å². The Balaban J connectivity index is 2.95. The molecule has 15 heavy (non-hydrogen) atoms. The molecule has 1 aromatic rings. The number of alkyl halides is 1. The molecule has 0 saturated heterocycles. The third-order valence-corrected chi connectivity index (χ3v) is 2.44. The summed E-state index contributed by atoms with van der Waals surface area (Å²) in [6.45, 7) is 5.86. The van der Waals surface area contributed by atoms with Crippen molar-refractivity contribution in [2.45, 2.75) is 26.2 Å². The summed E-state index contributed by atoms with van der Waals surface area (Å²) in [5, 5.41) is 0.524. The van der Waals surface area contributed by atoms with Gasteiger partial charge >= 0.3 is 0 Å². The quantitative estimate of drug-likeness (QED) is 0.763. The lowest BCUT2D eigenvalue weighted by molar-refractivity contribution is 0.273. The van der Waals surface area contributed by atoms with Crippen molar-refractivity contribution in [3.05, 3.63) is 28.8 Å². The lowest BCUT2D eigenvalue weighted by Crippen LogP contribution is -2.11. The van der Waals surface area contributed by atoms with E-state index in [1.54, 1.807) is 6.07 Å². The summed E-state index contributed by atoms with van der Waals surface area (Å²) in [5.74, 6) is 0.557. The van der Waals surface area contributed by atoms with Crippen LogP contribution in [0.5, 0.6) is 5.75 Å². The van der Waals surface area contributed by atoms with Crippen molar-refractivity contribution in [1.29, 1.82) is 0 Å². The van der Waals surface area contributed by atoms with E-state index in [0.717, 1.165) is 5.56 Å². The van der Waals surface area contributed by atoms with E-state index < -0.39 is 6.67 Å². The Kier molecular flexibility index (Phi) is 3.97. The van der Waals surface area contributed by atoms with Gasteiger partial charge in [-0.25, -0.2) is 4.39 Å². The van der Waals surface area contributed by atoms with Crippen LogP contribution in [0.2, 0.25) is 5.02 Å². The molecule has 0 spiro atoms. The Morgan fingerprint density at radius 3 is 2.53 bits per heavy atom. The molecule has 1 rings (SSSR count). The lowest BCUT2D eigenvalue weighted by Gasteiger charge is -2.20. The highest BCUT2D eigenvalue weighted by atomic mass is 35.5. The topological polar surface area (TPSA) is 9.23 Å². The number of rotatable bonds is 3. The Hall–Kier alpha value is -0.760. The van der Waals surface area contributed by atoms with E-state index in [1.807, 2.05) is 12.1 Å². The van der Waals surface area contributed by atoms with Crippen molar-refractivity contribution in [1.82, 2.24) is 0 Å². The molecule has 1 aromatic carbocycles. The first-order chi connectivity index (χ1) is 6.95. The van der Waals surface area contributed by atoms with Crippen LogP contribution in [0.25, 0.3) is 0 Å². The van der Waals surface area contributed by atoms with Crippen LogP contribution in [-0.2, 0) is 5.41 Å². The maximum Gasteiger partial charge on any atom is 0.138 e. The number of benzene rings is 1. The molecule has 0 heterocycles. The number of ether oxygens (including phenoxy) is 1. The molecular weight excluding hydrogens is 215 g/mol. The monoisotopic (exact) mass is 230 g/mol. The maximum atomic E-state index is 12.0. The van der Waals surface area contributed by atoms with Crippen LogP contribution >= 0.6 is 11.6 Å². The van der Waals surface area contributed by atoms with Crippen molar-refractivity contribution in [2.24, 2.45) is 0 Å². The fourth-order valence-corrected chi connectivity index (χ4v) is 1.40. The average molecular weight is 231 g/mol. The minimum Gasteiger partial charge on any atom is -0.489 e. The summed E-state index contributed by atoms with van der Waals surface area (Å²) >= 11 is 5.93. The molecule has 0 radical (unpaired) electrons. The molecule has 0 bridgehead atoms. The summed E-state index contributed by atoms with van der Waals surface area (Å²) in [6, 6.07) is 5.62. The summed E-state index contributed by atoms with van der Waals surface area (Å²) in [7, 11) is 0. The highest BCUT2D eigenvalue weighted by Crippen LogP contribution is 2.31. The third-order valence-electron chi connectivity index (χ3n) is 2.13. The summed E-state index contributed by atoms with van der Waals surface area (Å²) in [6.07, 6.45) is 0. The first kappa shape index (κ1) is 12.3. The summed E-state index contributed by atoms with van der Waals surface area (Å²) in [4.78, 5) is 0. The fraction of sp³-hybridized carbons (Fsp3) is 0.500. The molecule has 0 N–H and O–H groups in total. The molecule has 0 saturated carbocycles.